The van der Waals surface area contributed by atoms with Crippen molar-refractivity contribution in [2.45, 2.75) is 268 Å². The first-order valence-corrected chi connectivity index (χ1v) is 28.0. The van der Waals surface area contributed by atoms with Crippen LogP contribution in [0.1, 0.15) is 256 Å². The van der Waals surface area contributed by atoms with Crippen LogP contribution < -0.4 is 0 Å². The van der Waals surface area contributed by atoms with Gasteiger partial charge >= 0.3 is 37.7 Å². The van der Waals surface area contributed by atoms with Crippen molar-refractivity contribution >= 4 is 58.0 Å². The van der Waals surface area contributed by atoms with Gasteiger partial charge in [0.25, 0.3) is 0 Å². The smallest absolute Gasteiger partial charge is 0.744 e. The molecule has 0 aliphatic heterocycles. The second kappa shape index (κ2) is 42.2. The SMILES string of the molecule is CCCCCCCCCCCCCCCCCCCCc1ccccc1S(=O)(=O)[O-].CCCCCCCCCCCCCCCCCCCCc1ccccc1S(=O)(=O)[O-].[Ca+2]. The Bertz CT molecular complexity index is 1370. The predicted molar refractivity (Wildman–Crippen MR) is 260 cm³/mol. The van der Waals surface area contributed by atoms with E-state index in [1.165, 1.54) is 218 Å². The number of benzene rings is 2. The molecule has 0 amide bonds. The largest absolute Gasteiger partial charge is 2.00 e. The molecule has 0 aromatic heterocycles. The Morgan fingerprint density at radius 2 is 0.492 bits per heavy atom. The molecule has 0 saturated heterocycles. The van der Waals surface area contributed by atoms with Crippen molar-refractivity contribution in [2.75, 3.05) is 0 Å². The van der Waals surface area contributed by atoms with Gasteiger partial charge in [0, 0.05) is 0 Å². The summed E-state index contributed by atoms with van der Waals surface area (Å²) in [6, 6.07) is 13.2. The van der Waals surface area contributed by atoms with E-state index in [9.17, 15) is 25.9 Å². The summed E-state index contributed by atoms with van der Waals surface area (Å²) in [5, 5.41) is 0. The number of hydrogen-bond donors (Lipinski definition) is 0. The van der Waals surface area contributed by atoms with Crippen LogP contribution >= 0.6 is 0 Å². The molecule has 0 saturated carbocycles. The maximum Gasteiger partial charge on any atom is 2.00 e. The van der Waals surface area contributed by atoms with Gasteiger partial charge in [-0.1, -0.05) is 269 Å². The first kappa shape index (κ1) is 60.5. The molecule has 0 N–H and O–H groups in total. The third-order valence-electron chi connectivity index (χ3n) is 12.1. The summed E-state index contributed by atoms with van der Waals surface area (Å²) in [6.45, 7) is 4.55. The van der Waals surface area contributed by atoms with Crippen molar-refractivity contribution < 1.29 is 25.9 Å². The van der Waals surface area contributed by atoms with Crippen LogP contribution in [0.5, 0.6) is 0 Å². The molecule has 0 heterocycles. The van der Waals surface area contributed by atoms with Gasteiger partial charge in [-0.05, 0) is 48.9 Å². The molecule has 2 rings (SSSR count). The van der Waals surface area contributed by atoms with E-state index in [1.807, 2.05) is 0 Å². The van der Waals surface area contributed by atoms with Gasteiger partial charge in [0.05, 0.1) is 9.79 Å². The van der Waals surface area contributed by atoms with Crippen molar-refractivity contribution in [3.05, 3.63) is 59.7 Å². The van der Waals surface area contributed by atoms with E-state index in [0.717, 1.165) is 25.7 Å². The second-order valence-corrected chi connectivity index (χ2v) is 20.3. The fourth-order valence-corrected chi connectivity index (χ4v) is 9.82. The van der Waals surface area contributed by atoms with Crippen molar-refractivity contribution in [3.8, 4) is 0 Å². The van der Waals surface area contributed by atoms with Crippen molar-refractivity contribution in [1.29, 1.82) is 0 Å². The number of aryl methyl sites for hydroxylation is 2. The van der Waals surface area contributed by atoms with Crippen LogP contribution in [-0.4, -0.2) is 63.7 Å². The van der Waals surface area contributed by atoms with Gasteiger partial charge in [0.15, 0.2) is 0 Å². The monoisotopic (exact) mass is 915 g/mol. The minimum Gasteiger partial charge on any atom is -0.744 e. The zero-order chi connectivity index (χ0) is 43.8. The minimum absolute atomic E-state index is 0. The molecule has 6 nitrogen and oxygen atoms in total. The van der Waals surface area contributed by atoms with Crippen LogP contribution in [0.3, 0.4) is 0 Å². The maximum atomic E-state index is 11.3. The standard InChI is InChI=1S/2C26H46O3S.Ca/c2*1-2-3-4-5-6-7-8-9-10-11-12-13-14-15-16-17-18-19-22-25-23-20-21-24-26(25)30(27,28)29;/h2*20-21,23-24H,2-19,22H2,1H3,(H,27,28,29);/q;;+2/p-2. The zero-order valence-electron chi connectivity index (χ0n) is 39.5. The first-order valence-electron chi connectivity index (χ1n) is 25.2. The molecule has 348 valence electrons. The fourth-order valence-electron chi connectivity index (χ4n) is 8.34. The van der Waals surface area contributed by atoms with E-state index in [1.54, 1.807) is 36.4 Å². The minimum atomic E-state index is -4.36. The summed E-state index contributed by atoms with van der Waals surface area (Å²) >= 11 is 0. The van der Waals surface area contributed by atoms with Crippen LogP contribution in [0.2, 0.25) is 0 Å². The second-order valence-electron chi connectivity index (χ2n) is 17.6. The van der Waals surface area contributed by atoms with Crippen LogP contribution in [-0.2, 0) is 33.1 Å². The molecule has 2 aromatic rings. The van der Waals surface area contributed by atoms with E-state index in [0.29, 0.717) is 24.0 Å². The molecule has 0 unspecified atom stereocenters. The molecule has 9 heteroatoms. The Morgan fingerprint density at radius 3 is 0.689 bits per heavy atom. The summed E-state index contributed by atoms with van der Waals surface area (Å²) in [6.07, 6.45) is 49.5. The summed E-state index contributed by atoms with van der Waals surface area (Å²) in [7, 11) is -8.71. The Morgan fingerprint density at radius 1 is 0.311 bits per heavy atom. The van der Waals surface area contributed by atoms with Gasteiger partial charge in [-0.3, -0.25) is 0 Å². The van der Waals surface area contributed by atoms with Gasteiger partial charge < -0.3 is 9.11 Å². The zero-order valence-corrected chi connectivity index (χ0v) is 43.3. The Balaban J connectivity index is 0.00000116. The number of hydrogen-bond acceptors (Lipinski definition) is 6. The summed E-state index contributed by atoms with van der Waals surface area (Å²) < 4.78 is 67.7. The average Bonchev–Trinajstić information content (AvgIpc) is 3.22. The van der Waals surface area contributed by atoms with Crippen LogP contribution in [0, 0.1) is 0 Å². The average molecular weight is 915 g/mol. The molecule has 0 atom stereocenters. The molecule has 0 aliphatic rings. The summed E-state index contributed by atoms with van der Waals surface area (Å²) in [4.78, 5) is -0.0889. The predicted octanol–water partition coefficient (Wildman–Crippen LogP) is 16.0. The first-order chi connectivity index (χ1) is 29.1. The Kier molecular flexibility index (Phi) is 41.8. The summed E-state index contributed by atoms with van der Waals surface area (Å²) in [5.41, 5.74) is 1.34. The topological polar surface area (TPSA) is 114 Å². The van der Waals surface area contributed by atoms with E-state index >= 15 is 0 Å². The third-order valence-corrected chi connectivity index (χ3v) is 14.0. The van der Waals surface area contributed by atoms with Crippen molar-refractivity contribution in [2.24, 2.45) is 0 Å². The molecule has 0 aliphatic carbocycles. The molecule has 0 radical (unpaired) electrons. The third kappa shape index (κ3) is 36.4. The van der Waals surface area contributed by atoms with Gasteiger partial charge in [-0.25, -0.2) is 16.8 Å². The summed E-state index contributed by atoms with van der Waals surface area (Å²) in [5.74, 6) is 0. The van der Waals surface area contributed by atoms with Crippen LogP contribution in [0.4, 0.5) is 0 Å². The van der Waals surface area contributed by atoms with Crippen LogP contribution in [0.25, 0.3) is 0 Å². The fraction of sp³-hybridized carbons (Fsp3) is 0.769. The van der Waals surface area contributed by atoms with Gasteiger partial charge in [-0.2, -0.15) is 0 Å². The molecule has 0 bridgehead atoms. The maximum absolute atomic E-state index is 11.3. The van der Waals surface area contributed by atoms with E-state index in [2.05, 4.69) is 13.8 Å². The van der Waals surface area contributed by atoms with Gasteiger partial charge in [-0.15, -0.1) is 0 Å². The van der Waals surface area contributed by atoms with E-state index in [4.69, 9.17) is 0 Å². The molecule has 2 aromatic carbocycles. The Labute approximate surface area is 407 Å². The van der Waals surface area contributed by atoms with Crippen LogP contribution in [0.15, 0.2) is 58.3 Å². The molecular weight excluding hydrogens is 825 g/mol. The molecule has 61 heavy (non-hydrogen) atoms. The quantitative estimate of drug-likeness (QED) is 0.0374. The van der Waals surface area contributed by atoms with Gasteiger partial charge in [0.2, 0.25) is 0 Å². The molecule has 0 spiro atoms. The molecule has 0 fully saturated rings. The Hall–Kier alpha value is -0.480. The number of rotatable bonds is 40. The van der Waals surface area contributed by atoms with Gasteiger partial charge in [0.1, 0.15) is 20.2 Å². The van der Waals surface area contributed by atoms with E-state index in [-0.39, 0.29) is 47.5 Å². The molecular formula is C52H90CaO6S2. The van der Waals surface area contributed by atoms with E-state index < -0.39 is 20.2 Å². The van der Waals surface area contributed by atoms with Crippen molar-refractivity contribution in [1.82, 2.24) is 0 Å². The normalized spacial score (nSPS) is 11.6. The van der Waals surface area contributed by atoms with Crippen molar-refractivity contribution in [3.63, 3.8) is 0 Å². The number of unbranched alkanes of at least 4 members (excludes halogenated alkanes) is 34.